The molecule has 0 unspecified atom stereocenters. The number of anilines is 1. The van der Waals surface area contributed by atoms with Crippen molar-refractivity contribution in [3.8, 4) is 11.3 Å². The summed E-state index contributed by atoms with van der Waals surface area (Å²) in [4.78, 5) is 18.4. The Bertz CT molecular complexity index is 1460. The first-order valence-electron chi connectivity index (χ1n) is 10.7. The number of hydrogen-bond acceptors (Lipinski definition) is 4. The van der Waals surface area contributed by atoms with Crippen LogP contribution < -0.4 is 5.32 Å². The van der Waals surface area contributed by atoms with Crippen LogP contribution in [0.25, 0.3) is 16.9 Å². The van der Waals surface area contributed by atoms with E-state index in [0.717, 1.165) is 34.2 Å². The van der Waals surface area contributed by atoms with Gasteiger partial charge < -0.3 is 5.32 Å². The molecule has 0 saturated heterocycles. The Labute approximate surface area is 192 Å². The maximum atomic E-state index is 13.6. The minimum atomic E-state index is -3.60. The molecule has 0 fully saturated rings. The molecule has 1 aliphatic rings. The molecule has 0 aliphatic carbocycles. The lowest BCUT2D eigenvalue weighted by atomic mass is 9.95. The van der Waals surface area contributed by atoms with Crippen LogP contribution in [0.15, 0.2) is 72.9 Å². The van der Waals surface area contributed by atoms with Gasteiger partial charge in [-0.2, -0.15) is 4.31 Å². The fourth-order valence-electron chi connectivity index (χ4n) is 4.39. The van der Waals surface area contributed by atoms with Gasteiger partial charge in [-0.3, -0.25) is 9.20 Å². The van der Waals surface area contributed by atoms with Crippen molar-refractivity contribution in [2.45, 2.75) is 25.9 Å². The number of carbonyl (C=O) groups is 1. The molecule has 1 aliphatic heterocycles. The van der Waals surface area contributed by atoms with E-state index in [2.05, 4.69) is 5.32 Å². The van der Waals surface area contributed by atoms with Gasteiger partial charge >= 0.3 is 0 Å². The highest BCUT2D eigenvalue weighted by Gasteiger charge is 2.37. The number of benzene rings is 2. The molecule has 7 nitrogen and oxygen atoms in total. The molecule has 168 valence electrons. The van der Waals surface area contributed by atoms with Crippen molar-refractivity contribution >= 4 is 27.4 Å². The highest BCUT2D eigenvalue weighted by Crippen LogP contribution is 2.31. The Morgan fingerprint density at radius 3 is 2.42 bits per heavy atom. The Kier molecular flexibility index (Phi) is 5.26. The third kappa shape index (κ3) is 3.92. The second-order valence-electron chi connectivity index (χ2n) is 8.35. The minimum absolute atomic E-state index is 0.172. The van der Waals surface area contributed by atoms with Gasteiger partial charge in [0.1, 0.15) is 23.2 Å². The zero-order chi connectivity index (χ0) is 23.2. The SMILES string of the molecule is Cc1cccn2c(NC(=O)[C@@H]3Cc4ccccc4CN3S(C)(=O)=O)c(-c3ccccc3)nc12. The molecule has 2 aromatic heterocycles. The van der Waals surface area contributed by atoms with Gasteiger partial charge in [0, 0.05) is 18.3 Å². The summed E-state index contributed by atoms with van der Waals surface area (Å²) in [5.74, 6) is 0.146. The first-order chi connectivity index (χ1) is 15.8. The molecule has 0 saturated carbocycles. The fraction of sp³-hybridized carbons (Fsp3) is 0.200. The summed E-state index contributed by atoms with van der Waals surface area (Å²) in [6.07, 6.45) is 3.31. The Morgan fingerprint density at radius 2 is 1.70 bits per heavy atom. The van der Waals surface area contributed by atoms with Crippen LogP contribution in [0.4, 0.5) is 5.82 Å². The van der Waals surface area contributed by atoms with Crippen LogP contribution in [0.1, 0.15) is 16.7 Å². The smallest absolute Gasteiger partial charge is 0.244 e. The number of hydrogen-bond donors (Lipinski definition) is 1. The largest absolute Gasteiger partial charge is 0.309 e. The predicted octanol–water partition coefficient (Wildman–Crippen LogP) is 3.63. The average Bonchev–Trinajstić information content (AvgIpc) is 3.18. The second-order valence-corrected chi connectivity index (χ2v) is 10.3. The number of sulfonamides is 1. The fourth-order valence-corrected chi connectivity index (χ4v) is 5.40. The number of nitrogens with zero attached hydrogens (tertiary/aromatic N) is 3. The monoisotopic (exact) mass is 460 g/mol. The van der Waals surface area contributed by atoms with Gasteiger partial charge in [0.05, 0.1) is 6.26 Å². The van der Waals surface area contributed by atoms with Crippen LogP contribution in [-0.4, -0.2) is 40.3 Å². The number of aryl methyl sites for hydroxylation is 1. The van der Waals surface area contributed by atoms with Gasteiger partial charge in [-0.15, -0.1) is 0 Å². The van der Waals surface area contributed by atoms with Crippen LogP contribution in [0, 0.1) is 6.92 Å². The molecular weight excluding hydrogens is 436 g/mol. The molecule has 0 spiro atoms. The van der Waals surface area contributed by atoms with E-state index in [9.17, 15) is 13.2 Å². The predicted molar refractivity (Wildman–Crippen MR) is 128 cm³/mol. The third-order valence-corrected chi connectivity index (χ3v) is 7.30. The number of imidazole rings is 1. The summed E-state index contributed by atoms with van der Waals surface area (Å²) in [6, 6.07) is 20.3. The van der Waals surface area contributed by atoms with Gasteiger partial charge in [-0.25, -0.2) is 13.4 Å². The highest BCUT2D eigenvalue weighted by atomic mass is 32.2. The lowest BCUT2D eigenvalue weighted by Crippen LogP contribution is -2.50. The van der Waals surface area contributed by atoms with E-state index < -0.39 is 16.1 Å². The first-order valence-corrected chi connectivity index (χ1v) is 12.6. The van der Waals surface area contributed by atoms with Crippen LogP contribution in [-0.2, 0) is 27.8 Å². The van der Waals surface area contributed by atoms with Crippen molar-refractivity contribution in [3.63, 3.8) is 0 Å². The van der Waals surface area contributed by atoms with E-state index in [4.69, 9.17) is 4.98 Å². The lowest BCUT2D eigenvalue weighted by Gasteiger charge is -2.34. The van der Waals surface area contributed by atoms with Gasteiger partial charge in [-0.05, 0) is 36.1 Å². The first kappa shape index (κ1) is 21.4. The molecule has 1 atom stereocenters. The van der Waals surface area contributed by atoms with Crippen molar-refractivity contribution in [2.75, 3.05) is 11.6 Å². The maximum Gasteiger partial charge on any atom is 0.244 e. The van der Waals surface area contributed by atoms with Crippen LogP contribution in [0.5, 0.6) is 0 Å². The molecule has 33 heavy (non-hydrogen) atoms. The molecule has 5 rings (SSSR count). The summed E-state index contributed by atoms with van der Waals surface area (Å²) in [5.41, 5.74) is 5.11. The lowest BCUT2D eigenvalue weighted by molar-refractivity contribution is -0.120. The minimum Gasteiger partial charge on any atom is -0.309 e. The van der Waals surface area contributed by atoms with Gasteiger partial charge in [0.2, 0.25) is 15.9 Å². The van der Waals surface area contributed by atoms with E-state index in [1.54, 1.807) is 0 Å². The molecule has 1 N–H and O–H groups in total. The van der Waals surface area contributed by atoms with E-state index in [-0.39, 0.29) is 12.5 Å². The van der Waals surface area contributed by atoms with Crippen molar-refractivity contribution < 1.29 is 13.2 Å². The second kappa shape index (κ2) is 8.13. The Hall–Kier alpha value is -3.49. The van der Waals surface area contributed by atoms with Crippen molar-refractivity contribution in [1.82, 2.24) is 13.7 Å². The maximum absolute atomic E-state index is 13.6. The van der Waals surface area contributed by atoms with Crippen molar-refractivity contribution in [2.24, 2.45) is 0 Å². The molecule has 4 aromatic rings. The summed E-state index contributed by atoms with van der Waals surface area (Å²) < 4.78 is 28.3. The summed E-state index contributed by atoms with van der Waals surface area (Å²) in [6.45, 7) is 2.14. The Balaban J connectivity index is 1.58. The number of nitrogens with one attached hydrogen (secondary N) is 1. The van der Waals surface area contributed by atoms with E-state index in [1.807, 2.05) is 84.3 Å². The molecule has 8 heteroatoms. The molecule has 0 bridgehead atoms. The summed E-state index contributed by atoms with van der Waals surface area (Å²) in [5, 5.41) is 3.02. The van der Waals surface area contributed by atoms with E-state index in [0.29, 0.717) is 17.9 Å². The topological polar surface area (TPSA) is 83.8 Å². The molecule has 1 amide bonds. The molecule has 2 aromatic carbocycles. The number of carbonyl (C=O) groups excluding carboxylic acids is 1. The van der Waals surface area contributed by atoms with E-state index in [1.165, 1.54) is 4.31 Å². The number of rotatable bonds is 4. The third-order valence-electron chi connectivity index (χ3n) is 6.07. The number of amides is 1. The number of aromatic nitrogens is 2. The zero-order valence-corrected chi connectivity index (χ0v) is 19.2. The normalized spacial score (nSPS) is 16.5. The number of fused-ring (bicyclic) bond motifs is 2. The van der Waals surface area contributed by atoms with Gasteiger partial charge in [0.15, 0.2) is 0 Å². The van der Waals surface area contributed by atoms with Crippen LogP contribution in [0.2, 0.25) is 0 Å². The van der Waals surface area contributed by atoms with Gasteiger partial charge in [0.25, 0.3) is 0 Å². The van der Waals surface area contributed by atoms with Crippen LogP contribution in [0.3, 0.4) is 0 Å². The molecular formula is C25H24N4O3S. The summed E-state index contributed by atoms with van der Waals surface area (Å²) >= 11 is 0. The highest BCUT2D eigenvalue weighted by molar-refractivity contribution is 7.88. The van der Waals surface area contributed by atoms with Crippen LogP contribution >= 0.6 is 0 Å². The van der Waals surface area contributed by atoms with Crippen molar-refractivity contribution in [3.05, 3.63) is 89.6 Å². The van der Waals surface area contributed by atoms with Crippen molar-refractivity contribution in [1.29, 1.82) is 0 Å². The summed E-state index contributed by atoms with van der Waals surface area (Å²) in [7, 11) is -3.60. The van der Waals surface area contributed by atoms with Gasteiger partial charge in [-0.1, -0.05) is 60.7 Å². The Morgan fingerprint density at radius 1 is 1.00 bits per heavy atom. The number of pyridine rings is 1. The zero-order valence-electron chi connectivity index (χ0n) is 18.4. The quantitative estimate of drug-likeness (QED) is 0.504. The van der Waals surface area contributed by atoms with E-state index >= 15 is 0 Å². The molecule has 3 heterocycles. The average molecular weight is 461 g/mol. The molecule has 0 radical (unpaired) electrons. The standard InChI is InChI=1S/C25H24N4O3S/c1-17-9-8-14-28-23(17)26-22(18-10-4-3-5-11-18)24(28)27-25(30)21-15-19-12-6-7-13-20(19)16-29(21)33(2,31)32/h3-14,21H,15-16H2,1-2H3,(H,27,30)/t21-/m0/s1.